The lowest BCUT2D eigenvalue weighted by molar-refractivity contribution is -0.225. The SMILES string of the molecule is CC(O)[C@H]1CC[C@]2(O)[C@@H]3CC[C@H]4C[C@@H](O)CC[C@]4(CO)[C@H]3CC[C@]12C. The Morgan fingerprint density at radius 3 is 2.44 bits per heavy atom. The summed E-state index contributed by atoms with van der Waals surface area (Å²) in [5.41, 5.74) is -1.02. The number of rotatable bonds is 2. The first-order chi connectivity index (χ1) is 11.8. The lowest BCUT2D eigenvalue weighted by atomic mass is 9.43. The van der Waals surface area contributed by atoms with E-state index in [1.165, 1.54) is 0 Å². The van der Waals surface area contributed by atoms with Gasteiger partial charge in [-0.2, -0.15) is 0 Å². The van der Waals surface area contributed by atoms with Crippen molar-refractivity contribution in [2.45, 2.75) is 89.4 Å². The van der Waals surface area contributed by atoms with E-state index in [-0.39, 0.29) is 41.5 Å². The van der Waals surface area contributed by atoms with Crippen LogP contribution in [0, 0.1) is 34.5 Å². The summed E-state index contributed by atoms with van der Waals surface area (Å²) in [5.74, 6) is 1.15. The Hall–Kier alpha value is -0.160. The second-order valence-corrected chi connectivity index (χ2v) is 10.1. The normalized spacial score (nSPS) is 56.6. The summed E-state index contributed by atoms with van der Waals surface area (Å²) in [6.07, 6.45) is 7.59. The first-order valence-corrected chi connectivity index (χ1v) is 10.5. The Kier molecular flexibility index (Phi) is 4.31. The Labute approximate surface area is 151 Å². The number of aliphatic hydroxyl groups is 4. The summed E-state index contributed by atoms with van der Waals surface area (Å²) in [6.45, 7) is 4.27. The molecule has 4 saturated carbocycles. The maximum absolute atomic E-state index is 11.9. The highest BCUT2D eigenvalue weighted by Gasteiger charge is 2.68. The molecule has 0 aliphatic heterocycles. The number of aliphatic hydroxyl groups excluding tert-OH is 3. The lowest BCUT2D eigenvalue weighted by Gasteiger charge is -2.64. The summed E-state index contributed by atoms with van der Waals surface area (Å²) in [5, 5.41) is 42.8. The van der Waals surface area contributed by atoms with E-state index in [9.17, 15) is 20.4 Å². The van der Waals surface area contributed by atoms with E-state index in [0.29, 0.717) is 11.8 Å². The van der Waals surface area contributed by atoms with Gasteiger partial charge >= 0.3 is 0 Å². The fourth-order valence-corrected chi connectivity index (χ4v) is 8.12. The van der Waals surface area contributed by atoms with Gasteiger partial charge in [0.2, 0.25) is 0 Å². The van der Waals surface area contributed by atoms with Crippen LogP contribution in [-0.4, -0.2) is 44.8 Å². The van der Waals surface area contributed by atoms with Crippen LogP contribution in [0.2, 0.25) is 0 Å². The van der Waals surface area contributed by atoms with Crippen molar-refractivity contribution in [3.8, 4) is 0 Å². The van der Waals surface area contributed by atoms with Crippen LogP contribution in [0.3, 0.4) is 0 Å². The van der Waals surface area contributed by atoms with E-state index in [4.69, 9.17) is 0 Å². The maximum Gasteiger partial charge on any atom is 0.0735 e. The summed E-state index contributed by atoms with van der Waals surface area (Å²) in [7, 11) is 0. The zero-order chi connectivity index (χ0) is 18.0. The first kappa shape index (κ1) is 18.2. The minimum atomic E-state index is -0.708. The molecular formula is C21H36O4. The molecule has 25 heavy (non-hydrogen) atoms. The second kappa shape index (κ2) is 5.92. The van der Waals surface area contributed by atoms with Crippen molar-refractivity contribution in [1.82, 2.24) is 0 Å². The number of hydrogen-bond acceptors (Lipinski definition) is 4. The van der Waals surface area contributed by atoms with Gasteiger partial charge in [0.1, 0.15) is 0 Å². The molecule has 4 fully saturated rings. The molecule has 4 aliphatic carbocycles. The van der Waals surface area contributed by atoms with Crippen LogP contribution < -0.4 is 0 Å². The van der Waals surface area contributed by atoms with Gasteiger partial charge in [0.15, 0.2) is 0 Å². The van der Waals surface area contributed by atoms with Crippen LogP contribution in [0.1, 0.15) is 71.6 Å². The molecule has 0 spiro atoms. The third-order valence-electron chi connectivity index (χ3n) is 9.47. The average Bonchev–Trinajstić information content (AvgIpc) is 2.86. The Morgan fingerprint density at radius 1 is 1.00 bits per heavy atom. The Morgan fingerprint density at radius 2 is 1.76 bits per heavy atom. The molecule has 0 aromatic carbocycles. The molecule has 144 valence electrons. The van der Waals surface area contributed by atoms with Crippen molar-refractivity contribution in [3.63, 3.8) is 0 Å². The quantitative estimate of drug-likeness (QED) is 0.615. The maximum atomic E-state index is 11.9. The minimum absolute atomic E-state index is 0.109. The van der Waals surface area contributed by atoms with Crippen LogP contribution in [-0.2, 0) is 0 Å². The fourth-order valence-electron chi connectivity index (χ4n) is 8.12. The molecule has 0 saturated heterocycles. The van der Waals surface area contributed by atoms with Crippen molar-refractivity contribution >= 4 is 0 Å². The molecule has 0 heterocycles. The third-order valence-corrected chi connectivity index (χ3v) is 9.47. The predicted octanol–water partition coefficient (Wildman–Crippen LogP) is 2.47. The Bertz CT molecular complexity index is 522. The molecule has 4 aliphatic rings. The molecule has 1 unspecified atom stereocenters. The van der Waals surface area contributed by atoms with Gasteiger partial charge in [0.25, 0.3) is 0 Å². The molecule has 4 N–H and O–H groups in total. The van der Waals surface area contributed by atoms with Gasteiger partial charge < -0.3 is 20.4 Å². The van der Waals surface area contributed by atoms with Crippen LogP contribution >= 0.6 is 0 Å². The van der Waals surface area contributed by atoms with Crippen molar-refractivity contribution in [2.24, 2.45) is 34.5 Å². The smallest absolute Gasteiger partial charge is 0.0735 e. The lowest BCUT2D eigenvalue weighted by Crippen LogP contribution is -2.64. The van der Waals surface area contributed by atoms with Gasteiger partial charge in [-0.05, 0) is 93.8 Å². The van der Waals surface area contributed by atoms with E-state index >= 15 is 0 Å². The van der Waals surface area contributed by atoms with E-state index in [2.05, 4.69) is 6.92 Å². The summed E-state index contributed by atoms with van der Waals surface area (Å²) < 4.78 is 0. The van der Waals surface area contributed by atoms with Gasteiger partial charge in [-0.25, -0.2) is 0 Å². The van der Waals surface area contributed by atoms with Gasteiger partial charge in [-0.1, -0.05) is 6.92 Å². The zero-order valence-electron chi connectivity index (χ0n) is 15.8. The first-order valence-electron chi connectivity index (χ1n) is 10.5. The topological polar surface area (TPSA) is 80.9 Å². The molecule has 0 amide bonds. The zero-order valence-corrected chi connectivity index (χ0v) is 15.8. The number of fused-ring (bicyclic) bond motifs is 5. The van der Waals surface area contributed by atoms with E-state index in [1.54, 1.807) is 0 Å². The molecule has 4 heteroatoms. The highest BCUT2D eigenvalue weighted by atomic mass is 16.3. The second-order valence-electron chi connectivity index (χ2n) is 10.1. The van der Waals surface area contributed by atoms with E-state index in [0.717, 1.165) is 57.8 Å². The van der Waals surface area contributed by atoms with Crippen molar-refractivity contribution in [3.05, 3.63) is 0 Å². The van der Waals surface area contributed by atoms with Crippen molar-refractivity contribution in [1.29, 1.82) is 0 Å². The molecule has 9 atom stereocenters. The molecule has 0 radical (unpaired) electrons. The Balaban J connectivity index is 1.69. The number of hydrogen-bond donors (Lipinski definition) is 4. The molecule has 0 aromatic rings. The standard InChI is InChI=1S/C21H36O4/c1-13(23)16-7-10-21(25)18-4-3-14-11-15(24)5-9-20(14,12-22)17(18)6-8-19(16,21)2/h13-18,22-25H,3-12H2,1-2H3/t13?,14-,15-,16+,17-,18+,19+,20+,21-/m0/s1. The van der Waals surface area contributed by atoms with Crippen LogP contribution in [0.15, 0.2) is 0 Å². The third kappa shape index (κ3) is 2.27. The highest BCUT2D eigenvalue weighted by molar-refractivity contribution is 5.17. The van der Waals surface area contributed by atoms with Crippen LogP contribution in [0.4, 0.5) is 0 Å². The van der Waals surface area contributed by atoms with E-state index < -0.39 is 5.60 Å². The highest BCUT2D eigenvalue weighted by Crippen LogP contribution is 2.69. The van der Waals surface area contributed by atoms with Crippen LogP contribution in [0.25, 0.3) is 0 Å². The summed E-state index contributed by atoms with van der Waals surface area (Å²) >= 11 is 0. The summed E-state index contributed by atoms with van der Waals surface area (Å²) in [6, 6.07) is 0. The van der Waals surface area contributed by atoms with Gasteiger partial charge in [-0.15, -0.1) is 0 Å². The fraction of sp³-hybridized carbons (Fsp3) is 1.00. The average molecular weight is 353 g/mol. The molecule has 0 bridgehead atoms. The van der Waals surface area contributed by atoms with Crippen molar-refractivity contribution < 1.29 is 20.4 Å². The van der Waals surface area contributed by atoms with Crippen molar-refractivity contribution in [2.75, 3.05) is 6.61 Å². The van der Waals surface area contributed by atoms with Gasteiger partial charge in [0.05, 0.1) is 17.8 Å². The van der Waals surface area contributed by atoms with Gasteiger partial charge in [0, 0.05) is 12.0 Å². The van der Waals surface area contributed by atoms with Gasteiger partial charge in [-0.3, -0.25) is 0 Å². The summed E-state index contributed by atoms with van der Waals surface area (Å²) in [4.78, 5) is 0. The molecule has 4 rings (SSSR count). The largest absolute Gasteiger partial charge is 0.396 e. The predicted molar refractivity (Wildman–Crippen MR) is 95.8 cm³/mol. The molecular weight excluding hydrogens is 316 g/mol. The van der Waals surface area contributed by atoms with E-state index in [1.807, 2.05) is 6.92 Å². The minimum Gasteiger partial charge on any atom is -0.396 e. The monoisotopic (exact) mass is 352 g/mol. The molecule has 4 nitrogen and oxygen atoms in total. The van der Waals surface area contributed by atoms with Crippen LogP contribution in [0.5, 0.6) is 0 Å². The molecule has 0 aromatic heterocycles.